The van der Waals surface area contributed by atoms with Crippen LogP contribution >= 0.6 is 0 Å². The molecule has 0 bridgehead atoms. The molecule has 42 nitrogen and oxygen atoms in total. The van der Waals surface area contributed by atoms with Crippen LogP contribution in [0.4, 0.5) is 57.5 Å². The molecule has 0 radical (unpaired) electrons. The predicted molar refractivity (Wildman–Crippen MR) is 497 cm³/mol. The van der Waals surface area contributed by atoms with Gasteiger partial charge in [-0.05, 0) is 332 Å². The third-order valence-corrected chi connectivity index (χ3v) is 15.9. The molecule has 0 saturated heterocycles. The van der Waals surface area contributed by atoms with Crippen LogP contribution in [0.25, 0.3) is 0 Å². The van der Waals surface area contributed by atoms with Crippen molar-refractivity contribution in [3.63, 3.8) is 0 Å². The van der Waals surface area contributed by atoms with E-state index in [-0.39, 0.29) is 312 Å². The Morgan fingerprint density at radius 1 is 0.134 bits per heavy atom. The maximum absolute atomic E-state index is 10.4. The number of carbonyl (C=O) groups is 12. The van der Waals surface area contributed by atoms with Gasteiger partial charge in [-0.2, -0.15) is 21.0 Å². The van der Waals surface area contributed by atoms with Crippen LogP contribution < -0.4 is 61.3 Å². The topological polar surface area (TPSA) is 673 Å². The molecule has 0 aliphatic rings. The maximum atomic E-state index is 10.4. The molecule has 0 aliphatic carbocycles. The summed E-state index contributed by atoms with van der Waals surface area (Å²) in [4.78, 5) is 140. The average molecular weight is 2450 g/mol. The fraction of sp³-hybridized carbons (Fsp3) is 0.826. The van der Waals surface area contributed by atoms with E-state index in [2.05, 4.69) is 0 Å². The summed E-state index contributed by atoms with van der Waals surface area (Å²) in [6.07, 6.45) is -13.1. The molecule has 0 heterocycles. The normalized spacial score (nSPS) is 9.18. The Hall–Kier alpha value is -5.89. The van der Waals surface area contributed by atoms with Gasteiger partial charge in [0.1, 0.15) is 73.1 Å². The zero-order valence-corrected chi connectivity index (χ0v) is 121. The molecule has 0 aromatic rings. The molecule has 0 rings (SSSR count). The number of rotatable bonds is 24. The maximum Gasteiger partial charge on any atom is 2.00 e. The first-order valence-corrected chi connectivity index (χ1v) is 44.4. The third kappa shape index (κ3) is 125. The molecular formula is C92H180N16O26Zn8. The first-order chi connectivity index (χ1) is 59.2. The van der Waals surface area contributed by atoms with Crippen molar-refractivity contribution in [3.8, 4) is 24.3 Å². The van der Waals surface area contributed by atoms with Crippen LogP contribution in [-0.2, 0) is 167 Å². The number of hydrogen-bond acceptors (Lipinski definition) is 28. The standard InChI is InChI=1S/12C7H15NO2.4C2H3N.2O.8Zn/c12*1-5(2)8(6(3)4)7(9)10;4*1-2-3;;;;;;;;;;/h12*5-6H,1-4H3,(H,9,10);4*1H3;;;;;;;;;;/q;;;;;;;;;;;;;;;;2*-2;8*+2/p-12. The van der Waals surface area contributed by atoms with E-state index in [0.717, 1.165) is 0 Å². The summed E-state index contributed by atoms with van der Waals surface area (Å²) in [7, 11) is 0. The second-order valence-electron chi connectivity index (χ2n) is 35.2. The molecule has 0 spiro atoms. The van der Waals surface area contributed by atoms with Crippen molar-refractivity contribution < 1.29 is 286 Å². The van der Waals surface area contributed by atoms with Gasteiger partial charge in [0.2, 0.25) is 0 Å². The minimum Gasteiger partial charge on any atom is -2.00 e. The van der Waals surface area contributed by atoms with Gasteiger partial charge in [-0.25, -0.2) is 0 Å². The molecular weight excluding hydrogens is 2270 g/mol. The largest absolute Gasteiger partial charge is 2.00 e. The number of carbonyl (C=O) groups excluding carboxylic acids is 12. The van der Waals surface area contributed by atoms with Crippen molar-refractivity contribution in [2.45, 2.75) is 505 Å². The summed E-state index contributed by atoms with van der Waals surface area (Å²) < 4.78 is 0. The van der Waals surface area contributed by atoms with E-state index < -0.39 is 73.1 Å². The summed E-state index contributed by atoms with van der Waals surface area (Å²) in [5, 5.41) is 154. The van der Waals surface area contributed by atoms with Gasteiger partial charge in [0, 0.05) is 173 Å². The van der Waals surface area contributed by atoms with E-state index in [4.69, 9.17) is 21.0 Å². The van der Waals surface area contributed by atoms with Crippen molar-refractivity contribution in [2.24, 2.45) is 0 Å². The number of nitrogens with zero attached hydrogens (tertiary/aromatic N) is 16. The van der Waals surface area contributed by atoms with Crippen molar-refractivity contribution in [1.82, 2.24) is 58.8 Å². The van der Waals surface area contributed by atoms with Crippen LogP contribution in [0, 0.1) is 45.3 Å². The van der Waals surface area contributed by atoms with Gasteiger partial charge < -0.3 is 189 Å². The SMILES string of the molecule is CC#N.CC#N.CC#N.CC#N.CC(C)N(C(=O)[O-])C(C)C.CC(C)N(C(=O)[O-])C(C)C.CC(C)N(C(=O)[O-])C(C)C.CC(C)N(C(=O)[O-])C(C)C.CC(C)N(C(=O)[O-])C(C)C.CC(C)N(C(=O)[O-])C(C)C.CC(C)N(C(=O)[O-])C(C)C.CC(C)N(C(=O)[O-])C(C)C.CC(C)N(C(=O)[O-])C(C)C.CC(C)N(C(=O)[O-])C(C)C.CC(C)N(C(=O)[O-])C(C)C.CC(C)N(C(=O)[O-])C(C)C.[O-2].[O-2].[Zn+2].[Zn+2].[Zn+2].[Zn+2].[Zn+2].[Zn+2].[Zn+2].[Zn+2]. The Kier molecular flexibility index (Phi) is 174. The van der Waals surface area contributed by atoms with E-state index in [1.54, 1.807) is 24.3 Å². The smallest absolute Gasteiger partial charge is 2.00 e. The van der Waals surface area contributed by atoms with Crippen molar-refractivity contribution in [2.75, 3.05) is 0 Å². The molecule has 0 N–H and O–H groups in total. The Morgan fingerprint density at radius 3 is 0.155 bits per heavy atom. The van der Waals surface area contributed by atoms with Gasteiger partial charge in [-0.15, -0.1) is 0 Å². The predicted octanol–water partition coefficient (Wildman–Crippen LogP) is 7.24. The van der Waals surface area contributed by atoms with Crippen LogP contribution in [0.2, 0.25) is 0 Å². The van der Waals surface area contributed by atoms with Gasteiger partial charge in [-0.1, -0.05) is 0 Å². The zero-order chi connectivity index (χ0) is 111. The summed E-state index contributed by atoms with van der Waals surface area (Å²) in [5.41, 5.74) is 0. The molecule has 0 aromatic carbocycles. The van der Waals surface area contributed by atoms with Crippen molar-refractivity contribution in [1.29, 1.82) is 21.0 Å². The molecule has 0 atom stereocenters. The summed E-state index contributed by atoms with van der Waals surface area (Å²) >= 11 is 0. The van der Waals surface area contributed by atoms with Crippen molar-refractivity contribution in [3.05, 3.63) is 0 Å². The van der Waals surface area contributed by atoms with E-state index in [0.29, 0.717) is 0 Å². The van der Waals surface area contributed by atoms with Crippen LogP contribution in [0.1, 0.15) is 360 Å². The fourth-order valence-corrected chi connectivity index (χ4v) is 12.2. The quantitative estimate of drug-likeness (QED) is 0.0859. The molecule has 800 valence electrons. The average Bonchev–Trinajstić information content (AvgIpc) is 1.02. The zero-order valence-electron chi connectivity index (χ0n) is 97.3. The Labute approximate surface area is 959 Å². The van der Waals surface area contributed by atoms with Gasteiger partial charge in [0.05, 0.1) is 24.3 Å². The monoisotopic (exact) mass is 2440 g/mol. The second-order valence-corrected chi connectivity index (χ2v) is 35.2. The van der Waals surface area contributed by atoms with Gasteiger partial charge in [0.25, 0.3) is 0 Å². The van der Waals surface area contributed by atoms with Crippen LogP contribution in [0.5, 0.6) is 0 Å². The van der Waals surface area contributed by atoms with E-state index in [1.165, 1.54) is 86.5 Å². The fourth-order valence-electron chi connectivity index (χ4n) is 12.2. The number of nitriles is 4. The summed E-state index contributed by atoms with van der Waals surface area (Å²) in [6, 6.07) is 7.11. The second kappa shape index (κ2) is 120. The third-order valence-electron chi connectivity index (χ3n) is 15.9. The molecule has 0 aliphatic heterocycles. The number of carboxylic acid groups (broad SMARTS) is 12. The number of amides is 12. The Bertz CT molecular complexity index is 2410. The minimum atomic E-state index is -1.09. The van der Waals surface area contributed by atoms with E-state index >= 15 is 0 Å². The summed E-state index contributed by atoms with van der Waals surface area (Å²) in [5.74, 6) is 0. The van der Waals surface area contributed by atoms with Gasteiger partial charge in [-0.3, -0.25) is 0 Å². The Balaban J connectivity index is -0.0000000423. The number of hydrogen-bond donors (Lipinski definition) is 0. The van der Waals surface area contributed by atoms with E-state index in [1.807, 2.05) is 332 Å². The minimum absolute atomic E-state index is 0. The van der Waals surface area contributed by atoms with Crippen LogP contribution in [0.3, 0.4) is 0 Å². The van der Waals surface area contributed by atoms with Gasteiger partial charge >= 0.3 is 156 Å². The van der Waals surface area contributed by atoms with Crippen LogP contribution in [0.15, 0.2) is 0 Å². The molecule has 0 fully saturated rings. The van der Waals surface area contributed by atoms with Crippen LogP contribution in [-0.4, -0.2) is 277 Å². The van der Waals surface area contributed by atoms with Gasteiger partial charge in [0.15, 0.2) is 0 Å². The van der Waals surface area contributed by atoms with Crippen molar-refractivity contribution >= 4 is 73.1 Å². The van der Waals surface area contributed by atoms with E-state index in [9.17, 15) is 119 Å². The molecule has 12 amide bonds. The first kappa shape index (κ1) is 205. The first-order valence-electron chi connectivity index (χ1n) is 44.4. The Morgan fingerprint density at radius 2 is 0.155 bits per heavy atom. The molecule has 0 unspecified atom stereocenters. The molecule has 142 heavy (non-hydrogen) atoms. The molecule has 0 saturated carbocycles. The molecule has 0 aromatic heterocycles. The molecule has 50 heteroatoms. The summed E-state index contributed by atoms with van der Waals surface area (Å²) in [6.45, 7) is 93.5.